The van der Waals surface area contributed by atoms with Crippen LogP contribution >= 0.6 is 11.6 Å². The molecule has 0 saturated carbocycles. The predicted octanol–water partition coefficient (Wildman–Crippen LogP) is 5.67. The zero-order valence-corrected chi connectivity index (χ0v) is 19.2. The van der Waals surface area contributed by atoms with Crippen LogP contribution in [0, 0.1) is 11.3 Å². The summed E-state index contributed by atoms with van der Waals surface area (Å²) in [6, 6.07) is 5.39. The molecule has 1 N–H and O–H groups in total. The highest BCUT2D eigenvalue weighted by molar-refractivity contribution is 6.34. The van der Waals surface area contributed by atoms with E-state index in [9.17, 15) is 14.9 Å². The summed E-state index contributed by atoms with van der Waals surface area (Å²) < 4.78 is 10.7. The number of nitrogens with one attached hydrogen (secondary N) is 1. The molecule has 164 valence electrons. The van der Waals surface area contributed by atoms with Crippen molar-refractivity contribution in [1.82, 2.24) is 4.90 Å². The third-order valence-electron chi connectivity index (χ3n) is 4.45. The van der Waals surface area contributed by atoms with E-state index in [1.807, 2.05) is 20.8 Å². The summed E-state index contributed by atoms with van der Waals surface area (Å²) in [5.41, 5.74) is 0.330. The Kier molecular flexibility index (Phi) is 7.25. The number of hydrogen-bond acceptors (Lipinski definition) is 5. The van der Waals surface area contributed by atoms with Crippen LogP contribution in [0.4, 0.5) is 15.3 Å². The molecular weight excluding hydrogens is 406 g/mol. The number of carbonyl (C=O) groups is 2. The summed E-state index contributed by atoms with van der Waals surface area (Å²) in [7, 11) is 0. The van der Waals surface area contributed by atoms with Gasteiger partial charge in [0.25, 0.3) is 0 Å². The monoisotopic (exact) mass is 435 g/mol. The zero-order chi connectivity index (χ0) is 22.7. The summed E-state index contributed by atoms with van der Waals surface area (Å²) in [6.45, 7) is 11.9. The molecule has 0 spiro atoms. The van der Waals surface area contributed by atoms with Crippen molar-refractivity contribution in [3.05, 3.63) is 28.3 Å². The summed E-state index contributed by atoms with van der Waals surface area (Å²) >= 11 is 6.59. The first kappa shape index (κ1) is 23.8. The van der Waals surface area contributed by atoms with Gasteiger partial charge in [-0.15, -0.1) is 0 Å². The van der Waals surface area contributed by atoms with Crippen molar-refractivity contribution in [2.45, 2.75) is 71.5 Å². The molecule has 7 nitrogen and oxygen atoms in total. The first-order chi connectivity index (χ1) is 13.8. The summed E-state index contributed by atoms with van der Waals surface area (Å²) in [5.74, 6) is 0.0590. The number of hydrogen-bond donors (Lipinski definition) is 1. The lowest BCUT2D eigenvalue weighted by Crippen LogP contribution is -2.41. The minimum Gasteiger partial charge on any atom is -0.444 e. The van der Waals surface area contributed by atoms with Crippen molar-refractivity contribution in [1.29, 1.82) is 5.26 Å². The van der Waals surface area contributed by atoms with Crippen LogP contribution in [0.25, 0.3) is 0 Å². The molecule has 1 aliphatic heterocycles. The minimum absolute atomic E-state index is 0.0590. The van der Waals surface area contributed by atoms with E-state index in [1.54, 1.807) is 31.7 Å². The van der Waals surface area contributed by atoms with E-state index in [0.717, 1.165) is 5.56 Å². The predicted molar refractivity (Wildman–Crippen MR) is 116 cm³/mol. The van der Waals surface area contributed by atoms with Gasteiger partial charge in [-0.2, -0.15) is 5.26 Å². The number of nitrogens with zero attached hydrogens (tertiary/aromatic N) is 2. The van der Waals surface area contributed by atoms with Gasteiger partial charge in [0, 0.05) is 13.1 Å². The molecular formula is C22H30ClN3O4. The number of rotatable bonds is 2. The molecule has 30 heavy (non-hydrogen) atoms. The maximum absolute atomic E-state index is 12.3. The molecule has 0 radical (unpaired) electrons. The Bertz CT molecular complexity index is 842. The highest BCUT2D eigenvalue weighted by Crippen LogP contribution is 2.38. The van der Waals surface area contributed by atoms with E-state index >= 15 is 0 Å². The second-order valence-corrected chi connectivity index (χ2v) is 9.79. The largest absolute Gasteiger partial charge is 0.444 e. The van der Waals surface area contributed by atoms with Crippen molar-refractivity contribution in [2.24, 2.45) is 0 Å². The quantitative estimate of drug-likeness (QED) is 0.645. The molecule has 1 saturated heterocycles. The Labute approximate surface area is 183 Å². The Morgan fingerprint density at radius 3 is 2.17 bits per heavy atom. The number of likely N-dealkylation sites (tertiary alicyclic amines) is 1. The molecule has 1 aliphatic rings. The van der Waals surface area contributed by atoms with E-state index in [2.05, 4.69) is 11.4 Å². The minimum atomic E-state index is -0.652. The van der Waals surface area contributed by atoms with Crippen molar-refractivity contribution in [3.63, 3.8) is 0 Å². The van der Waals surface area contributed by atoms with Gasteiger partial charge in [-0.1, -0.05) is 11.6 Å². The van der Waals surface area contributed by atoms with Crippen LogP contribution in [0.15, 0.2) is 12.1 Å². The van der Waals surface area contributed by atoms with Gasteiger partial charge in [0.1, 0.15) is 11.2 Å². The number of ether oxygens (including phenoxy) is 2. The number of anilines is 1. The van der Waals surface area contributed by atoms with Crippen molar-refractivity contribution >= 4 is 29.5 Å². The summed E-state index contributed by atoms with van der Waals surface area (Å²) in [6.07, 6.45) is 0.398. The van der Waals surface area contributed by atoms with Gasteiger partial charge in [0.2, 0.25) is 0 Å². The average molecular weight is 436 g/mol. The molecule has 0 unspecified atom stereocenters. The number of carbonyl (C=O) groups excluding carboxylic acids is 2. The fourth-order valence-electron chi connectivity index (χ4n) is 3.21. The number of halogens is 1. The first-order valence-corrected chi connectivity index (χ1v) is 10.4. The van der Waals surface area contributed by atoms with Crippen LogP contribution in [-0.2, 0) is 9.47 Å². The van der Waals surface area contributed by atoms with E-state index in [-0.39, 0.29) is 12.0 Å². The van der Waals surface area contributed by atoms with E-state index in [4.69, 9.17) is 21.1 Å². The van der Waals surface area contributed by atoms with Gasteiger partial charge in [-0.3, -0.25) is 5.32 Å². The van der Waals surface area contributed by atoms with Crippen molar-refractivity contribution in [2.75, 3.05) is 18.4 Å². The Hall–Kier alpha value is -2.46. The molecule has 8 heteroatoms. The highest BCUT2D eigenvalue weighted by atomic mass is 35.5. The van der Waals surface area contributed by atoms with Crippen LogP contribution < -0.4 is 5.32 Å². The number of piperidine rings is 1. The van der Waals surface area contributed by atoms with Crippen molar-refractivity contribution in [3.8, 4) is 6.07 Å². The van der Waals surface area contributed by atoms with Gasteiger partial charge in [-0.25, -0.2) is 9.59 Å². The third kappa shape index (κ3) is 6.81. The molecule has 0 aromatic heterocycles. The van der Waals surface area contributed by atoms with E-state index in [1.165, 1.54) is 6.07 Å². The topological polar surface area (TPSA) is 91.7 Å². The Morgan fingerprint density at radius 2 is 1.67 bits per heavy atom. The fraction of sp³-hybridized carbons (Fsp3) is 0.591. The first-order valence-electron chi connectivity index (χ1n) is 10.0. The summed E-state index contributed by atoms with van der Waals surface area (Å²) in [4.78, 5) is 26.1. The Morgan fingerprint density at radius 1 is 1.10 bits per heavy atom. The van der Waals surface area contributed by atoms with Crippen LogP contribution in [0.5, 0.6) is 0 Å². The maximum atomic E-state index is 12.3. The maximum Gasteiger partial charge on any atom is 0.412 e. The third-order valence-corrected chi connectivity index (χ3v) is 4.87. The SMILES string of the molecule is CC(C)(C)OC(=O)Nc1cc(C#N)cc(C2CCN(C(=O)OC(C)(C)C)CC2)c1Cl. The molecule has 1 fully saturated rings. The van der Waals surface area contributed by atoms with E-state index < -0.39 is 17.3 Å². The smallest absolute Gasteiger partial charge is 0.412 e. The molecule has 1 heterocycles. The normalized spacial score (nSPS) is 15.3. The lowest BCUT2D eigenvalue weighted by atomic mass is 9.88. The fourth-order valence-corrected chi connectivity index (χ4v) is 3.52. The number of nitriles is 1. The van der Waals surface area contributed by atoms with E-state index in [0.29, 0.717) is 42.2 Å². The van der Waals surface area contributed by atoms with Gasteiger partial charge in [0.15, 0.2) is 0 Å². The second kappa shape index (κ2) is 9.13. The zero-order valence-electron chi connectivity index (χ0n) is 18.5. The molecule has 2 rings (SSSR count). The standard InChI is InChI=1S/C22H30ClN3O4/c1-21(2,3)29-19(27)25-17-12-14(13-24)11-16(18(17)23)15-7-9-26(10-8-15)20(28)30-22(4,5)6/h11-12,15H,7-10H2,1-6H3,(H,25,27). The Balaban J connectivity index is 2.16. The lowest BCUT2D eigenvalue weighted by Gasteiger charge is -2.34. The van der Waals surface area contributed by atoms with Crippen LogP contribution in [0.2, 0.25) is 5.02 Å². The van der Waals surface area contributed by atoms with Gasteiger partial charge >= 0.3 is 12.2 Å². The summed E-state index contributed by atoms with van der Waals surface area (Å²) in [5, 5.41) is 12.4. The molecule has 0 aliphatic carbocycles. The van der Waals surface area contributed by atoms with Gasteiger partial charge in [-0.05, 0) is 78.0 Å². The molecule has 0 atom stereocenters. The number of amides is 2. The molecule has 2 amide bonds. The molecule has 1 aromatic carbocycles. The highest BCUT2D eigenvalue weighted by Gasteiger charge is 2.29. The molecule has 0 bridgehead atoms. The van der Waals surface area contributed by atoms with Crippen LogP contribution in [0.1, 0.15) is 71.4 Å². The van der Waals surface area contributed by atoms with Crippen LogP contribution in [0.3, 0.4) is 0 Å². The molecule has 1 aromatic rings. The average Bonchev–Trinajstić information content (AvgIpc) is 2.60. The van der Waals surface area contributed by atoms with Crippen molar-refractivity contribution < 1.29 is 19.1 Å². The van der Waals surface area contributed by atoms with Crippen LogP contribution in [-0.4, -0.2) is 41.4 Å². The van der Waals surface area contributed by atoms with Gasteiger partial charge < -0.3 is 14.4 Å². The number of benzene rings is 1. The second-order valence-electron chi connectivity index (χ2n) is 9.41. The van der Waals surface area contributed by atoms with Gasteiger partial charge in [0.05, 0.1) is 22.3 Å². The lowest BCUT2D eigenvalue weighted by molar-refractivity contribution is 0.0204.